The summed E-state index contributed by atoms with van der Waals surface area (Å²) in [5, 5.41) is 0.438. The largest absolute Gasteiger partial charge is 0.496 e. The molecule has 33 heavy (non-hydrogen) atoms. The van der Waals surface area contributed by atoms with Crippen LogP contribution in [0.15, 0.2) is 84.9 Å². The van der Waals surface area contributed by atoms with Gasteiger partial charge in [-0.25, -0.2) is 0 Å². The first-order chi connectivity index (χ1) is 16.1. The van der Waals surface area contributed by atoms with E-state index in [9.17, 15) is 4.79 Å². The molecular weight excluding hydrogens is 426 g/mol. The van der Waals surface area contributed by atoms with E-state index < -0.39 is 0 Å². The van der Waals surface area contributed by atoms with Crippen molar-refractivity contribution in [2.24, 2.45) is 5.92 Å². The van der Waals surface area contributed by atoms with Crippen LogP contribution in [0.25, 0.3) is 0 Å². The SMILES string of the molecule is COc1ccccc1[C@H](C)C(=O)N1CC2SCCC(c3ccccc3)(c3ccccc3)C2C1. The Bertz CT molecular complexity index is 1060. The molecule has 0 spiro atoms. The summed E-state index contributed by atoms with van der Waals surface area (Å²) in [7, 11) is 1.67. The molecule has 4 heteroatoms. The predicted molar refractivity (Wildman–Crippen MR) is 136 cm³/mol. The molecule has 2 aliphatic heterocycles. The molecular formula is C29H31NO2S. The smallest absolute Gasteiger partial charge is 0.230 e. The highest BCUT2D eigenvalue weighted by atomic mass is 32.2. The van der Waals surface area contributed by atoms with Crippen LogP contribution in [-0.2, 0) is 10.2 Å². The van der Waals surface area contributed by atoms with Crippen LogP contribution in [0, 0.1) is 5.92 Å². The zero-order chi connectivity index (χ0) is 22.8. The van der Waals surface area contributed by atoms with Crippen molar-refractivity contribution in [3.8, 4) is 5.75 Å². The van der Waals surface area contributed by atoms with Gasteiger partial charge in [0.25, 0.3) is 0 Å². The molecule has 3 aromatic rings. The average Bonchev–Trinajstić information content (AvgIpc) is 3.33. The van der Waals surface area contributed by atoms with Crippen LogP contribution in [-0.4, -0.2) is 42.0 Å². The third-order valence-corrected chi connectivity index (χ3v) is 8.94. The van der Waals surface area contributed by atoms with E-state index in [1.54, 1.807) is 7.11 Å². The normalized spacial score (nSPS) is 22.4. The van der Waals surface area contributed by atoms with E-state index in [1.165, 1.54) is 11.1 Å². The number of amides is 1. The van der Waals surface area contributed by atoms with Crippen molar-refractivity contribution >= 4 is 17.7 Å². The van der Waals surface area contributed by atoms with Crippen molar-refractivity contribution in [1.29, 1.82) is 0 Å². The first kappa shape index (κ1) is 22.1. The molecule has 2 saturated heterocycles. The van der Waals surface area contributed by atoms with Gasteiger partial charge in [-0.1, -0.05) is 78.9 Å². The lowest BCUT2D eigenvalue weighted by molar-refractivity contribution is -0.131. The summed E-state index contributed by atoms with van der Waals surface area (Å²) in [6, 6.07) is 29.8. The standard InChI is InChI=1S/C29H31NO2S/c1-21(24-15-9-10-16-26(24)32-2)28(31)30-19-25-27(20-30)33-18-17-29(25,22-11-5-3-6-12-22)23-13-7-4-8-14-23/h3-16,21,25,27H,17-20H2,1-2H3/t21-,25?,27?/m0/s1. The number of hydrogen-bond donors (Lipinski definition) is 0. The van der Waals surface area contributed by atoms with Crippen molar-refractivity contribution < 1.29 is 9.53 Å². The van der Waals surface area contributed by atoms with Crippen LogP contribution < -0.4 is 4.74 Å². The Morgan fingerprint density at radius 2 is 1.55 bits per heavy atom. The molecule has 3 nitrogen and oxygen atoms in total. The summed E-state index contributed by atoms with van der Waals surface area (Å²) in [6.45, 7) is 3.62. The highest BCUT2D eigenvalue weighted by Gasteiger charge is 2.53. The van der Waals surface area contributed by atoms with Gasteiger partial charge in [-0.05, 0) is 36.3 Å². The molecule has 0 aliphatic carbocycles. The van der Waals surface area contributed by atoms with Crippen LogP contribution in [0.1, 0.15) is 36.0 Å². The van der Waals surface area contributed by atoms with Crippen molar-refractivity contribution in [2.45, 2.75) is 29.9 Å². The highest BCUT2D eigenvalue weighted by Crippen LogP contribution is 2.53. The fourth-order valence-corrected chi connectivity index (χ4v) is 7.52. The van der Waals surface area contributed by atoms with E-state index in [0.29, 0.717) is 11.2 Å². The summed E-state index contributed by atoms with van der Waals surface area (Å²) in [5.74, 6) is 2.25. The molecule has 0 aromatic heterocycles. The summed E-state index contributed by atoms with van der Waals surface area (Å²) < 4.78 is 5.55. The number of fused-ring (bicyclic) bond motifs is 1. The van der Waals surface area contributed by atoms with E-state index in [1.807, 2.05) is 43.0 Å². The number of carbonyl (C=O) groups is 1. The zero-order valence-electron chi connectivity index (χ0n) is 19.3. The number of hydrogen-bond acceptors (Lipinski definition) is 3. The Hall–Kier alpha value is -2.72. The van der Waals surface area contributed by atoms with Gasteiger partial charge in [-0.2, -0.15) is 11.8 Å². The Balaban J connectivity index is 1.49. The van der Waals surface area contributed by atoms with Gasteiger partial charge in [0.05, 0.1) is 13.0 Å². The maximum absolute atomic E-state index is 13.7. The minimum Gasteiger partial charge on any atom is -0.496 e. The molecule has 5 rings (SSSR count). The molecule has 2 heterocycles. The third-order valence-electron chi connectivity index (χ3n) is 7.59. The summed E-state index contributed by atoms with van der Waals surface area (Å²) >= 11 is 2.04. The van der Waals surface area contributed by atoms with Crippen molar-refractivity contribution in [3.05, 3.63) is 102 Å². The van der Waals surface area contributed by atoms with Gasteiger partial charge in [0, 0.05) is 35.2 Å². The molecule has 0 bridgehead atoms. The van der Waals surface area contributed by atoms with E-state index in [2.05, 4.69) is 65.6 Å². The Morgan fingerprint density at radius 1 is 0.939 bits per heavy atom. The summed E-state index contributed by atoms with van der Waals surface area (Å²) in [5.41, 5.74) is 3.64. The lowest BCUT2D eigenvalue weighted by Gasteiger charge is -2.46. The monoisotopic (exact) mass is 457 g/mol. The van der Waals surface area contributed by atoms with Crippen molar-refractivity contribution in [2.75, 3.05) is 26.0 Å². The topological polar surface area (TPSA) is 29.5 Å². The maximum atomic E-state index is 13.7. The van der Waals surface area contributed by atoms with Gasteiger partial charge >= 0.3 is 0 Å². The summed E-state index contributed by atoms with van der Waals surface area (Å²) in [6.07, 6.45) is 1.09. The Labute approximate surface area is 201 Å². The average molecular weight is 458 g/mol. The first-order valence-corrected chi connectivity index (χ1v) is 12.8. The van der Waals surface area contributed by atoms with Gasteiger partial charge in [-0.15, -0.1) is 0 Å². The minimum absolute atomic E-state index is 0.0683. The lowest BCUT2D eigenvalue weighted by Crippen LogP contribution is -2.45. The fraction of sp³-hybridized carbons (Fsp3) is 0.345. The Morgan fingerprint density at radius 3 is 2.18 bits per heavy atom. The van der Waals surface area contributed by atoms with E-state index in [0.717, 1.165) is 36.6 Å². The number of nitrogens with zero attached hydrogens (tertiary/aromatic N) is 1. The molecule has 3 aromatic carbocycles. The number of ether oxygens (including phenoxy) is 1. The molecule has 2 unspecified atom stereocenters. The third kappa shape index (κ3) is 3.85. The second-order valence-corrected chi connectivity index (χ2v) is 10.5. The van der Waals surface area contributed by atoms with Gasteiger partial charge in [-0.3, -0.25) is 4.79 Å². The second-order valence-electron chi connectivity index (χ2n) is 9.18. The van der Waals surface area contributed by atoms with Gasteiger partial charge in [0.1, 0.15) is 5.75 Å². The molecule has 2 aliphatic rings. The van der Waals surface area contributed by atoms with Crippen LogP contribution in [0.3, 0.4) is 0 Å². The zero-order valence-corrected chi connectivity index (χ0v) is 20.1. The van der Waals surface area contributed by atoms with E-state index >= 15 is 0 Å². The van der Waals surface area contributed by atoms with Crippen LogP contribution in [0.2, 0.25) is 0 Å². The molecule has 2 fully saturated rings. The van der Waals surface area contributed by atoms with Crippen LogP contribution in [0.4, 0.5) is 0 Å². The van der Waals surface area contributed by atoms with E-state index in [4.69, 9.17) is 4.74 Å². The minimum atomic E-state index is -0.228. The molecule has 1 amide bonds. The molecule has 3 atom stereocenters. The highest BCUT2D eigenvalue weighted by molar-refractivity contribution is 8.00. The summed E-state index contributed by atoms with van der Waals surface area (Å²) in [4.78, 5) is 15.8. The fourth-order valence-electron chi connectivity index (χ4n) is 5.94. The number of thioether (sulfide) groups is 1. The predicted octanol–water partition coefficient (Wildman–Crippen LogP) is 5.75. The number of benzene rings is 3. The molecule has 170 valence electrons. The van der Waals surface area contributed by atoms with Crippen LogP contribution >= 0.6 is 11.8 Å². The molecule has 0 saturated carbocycles. The second kappa shape index (κ2) is 9.26. The van der Waals surface area contributed by atoms with Gasteiger partial charge < -0.3 is 9.64 Å². The quantitative estimate of drug-likeness (QED) is 0.489. The van der Waals surface area contributed by atoms with Crippen LogP contribution in [0.5, 0.6) is 5.75 Å². The number of carbonyl (C=O) groups excluding carboxylic acids is 1. The number of likely N-dealkylation sites (tertiary alicyclic amines) is 1. The number of rotatable bonds is 5. The lowest BCUT2D eigenvalue weighted by atomic mass is 9.63. The van der Waals surface area contributed by atoms with Gasteiger partial charge in [0.15, 0.2) is 0 Å². The van der Waals surface area contributed by atoms with Crippen molar-refractivity contribution in [3.63, 3.8) is 0 Å². The number of para-hydroxylation sites is 1. The first-order valence-electron chi connectivity index (χ1n) is 11.8. The number of methoxy groups -OCH3 is 1. The molecule has 0 N–H and O–H groups in total. The maximum Gasteiger partial charge on any atom is 0.230 e. The van der Waals surface area contributed by atoms with Crippen molar-refractivity contribution in [1.82, 2.24) is 4.90 Å². The van der Waals surface area contributed by atoms with Gasteiger partial charge in [0.2, 0.25) is 5.91 Å². The molecule has 0 radical (unpaired) electrons. The Kier molecular flexibility index (Phi) is 6.20. The van der Waals surface area contributed by atoms with E-state index in [-0.39, 0.29) is 17.2 Å².